The summed E-state index contributed by atoms with van der Waals surface area (Å²) < 4.78 is 13.4. The summed E-state index contributed by atoms with van der Waals surface area (Å²) in [4.78, 5) is 20.4. The highest BCUT2D eigenvalue weighted by Gasteiger charge is 2.43. The van der Waals surface area contributed by atoms with Crippen molar-refractivity contribution in [2.45, 2.75) is 24.5 Å². The van der Waals surface area contributed by atoms with Gasteiger partial charge in [0.05, 0.1) is 30.1 Å². The molecule has 2 aromatic rings. The van der Waals surface area contributed by atoms with Crippen LogP contribution >= 0.6 is 0 Å². The number of methoxy groups -OCH3 is 1. The number of dihydropyridines is 1. The predicted molar refractivity (Wildman–Crippen MR) is 103 cm³/mol. The second kappa shape index (κ2) is 6.79. The maximum atomic E-state index is 11.2. The number of nitrogens with two attached hydrogens (primary N) is 1. The molecule has 0 radical (unpaired) electrons. The van der Waals surface area contributed by atoms with Gasteiger partial charge in [0.2, 0.25) is 0 Å². The van der Waals surface area contributed by atoms with E-state index < -0.39 is 6.03 Å². The zero-order chi connectivity index (χ0) is 19.0. The molecule has 2 amide bonds. The largest absolute Gasteiger partial charge is 0.378 e. The minimum absolute atomic E-state index is 0.00492. The third-order valence-corrected chi connectivity index (χ3v) is 5.36. The van der Waals surface area contributed by atoms with Crippen LogP contribution in [0.2, 0.25) is 0 Å². The number of carbonyl (C=O) groups excluding carboxylic acids is 1. The van der Waals surface area contributed by atoms with Gasteiger partial charge in [0.15, 0.2) is 0 Å². The first kappa shape index (κ1) is 17.7. The van der Waals surface area contributed by atoms with E-state index in [1.165, 1.54) is 0 Å². The average molecular weight is 369 g/mol. The molecule has 0 saturated carbocycles. The Hall–Kier alpha value is -2.71. The highest BCUT2D eigenvalue weighted by atomic mass is 16.5. The minimum Gasteiger partial charge on any atom is -0.378 e. The molecule has 1 unspecified atom stereocenters. The Morgan fingerprint density at radius 1 is 1.52 bits per heavy atom. The molecule has 3 N–H and O–H groups in total. The van der Waals surface area contributed by atoms with Crippen molar-refractivity contribution in [3.05, 3.63) is 36.2 Å². The molecule has 8 nitrogen and oxygen atoms in total. The Labute approximate surface area is 157 Å². The molecule has 8 heteroatoms. The second-order valence-corrected chi connectivity index (χ2v) is 6.97. The summed E-state index contributed by atoms with van der Waals surface area (Å²) in [5, 5.41) is 3.48. The number of carbonyl (C=O) groups is 1. The Morgan fingerprint density at radius 3 is 3.07 bits per heavy atom. The van der Waals surface area contributed by atoms with Crippen molar-refractivity contribution in [3.63, 3.8) is 0 Å². The number of hydrogen-bond acceptors (Lipinski definition) is 5. The molecule has 0 spiro atoms. The van der Waals surface area contributed by atoms with Crippen LogP contribution in [-0.4, -0.2) is 53.3 Å². The number of ether oxygens (including phenoxy) is 2. The zero-order valence-electron chi connectivity index (χ0n) is 15.4. The van der Waals surface area contributed by atoms with Crippen molar-refractivity contribution in [1.29, 1.82) is 0 Å². The summed E-state index contributed by atoms with van der Waals surface area (Å²) >= 11 is 0. The lowest BCUT2D eigenvalue weighted by molar-refractivity contribution is -0.0349. The number of aliphatic imine (C=N–C) groups is 1. The summed E-state index contributed by atoms with van der Waals surface area (Å²) in [6.45, 7) is 1.26. The number of allylic oxidation sites excluding steroid dienone is 1. The number of anilines is 1. The Balaban J connectivity index is 1.76. The van der Waals surface area contributed by atoms with E-state index in [9.17, 15) is 4.79 Å². The molecule has 0 bridgehead atoms. The maximum absolute atomic E-state index is 11.2. The van der Waals surface area contributed by atoms with E-state index in [0.717, 1.165) is 35.0 Å². The number of urea groups is 1. The van der Waals surface area contributed by atoms with Gasteiger partial charge in [-0.3, -0.25) is 10.3 Å². The van der Waals surface area contributed by atoms with Gasteiger partial charge in [-0.2, -0.15) is 0 Å². The number of aromatic nitrogens is 2. The minimum atomic E-state index is -0.641. The van der Waals surface area contributed by atoms with Crippen molar-refractivity contribution < 1.29 is 14.3 Å². The number of primary amides is 1. The van der Waals surface area contributed by atoms with E-state index in [-0.39, 0.29) is 11.6 Å². The van der Waals surface area contributed by atoms with E-state index in [1.54, 1.807) is 13.3 Å². The van der Waals surface area contributed by atoms with Crippen molar-refractivity contribution in [2.24, 2.45) is 17.8 Å². The van der Waals surface area contributed by atoms with Gasteiger partial charge in [-0.15, -0.1) is 0 Å². The number of fused-ring (bicyclic) bond motifs is 1. The smallest absolute Gasteiger partial charge is 0.317 e. The molecule has 4 rings (SSSR count). The van der Waals surface area contributed by atoms with Crippen LogP contribution in [0.3, 0.4) is 0 Å². The summed E-state index contributed by atoms with van der Waals surface area (Å²) in [6, 6.07) is 1.18. The third kappa shape index (κ3) is 3.11. The molecular formula is C19H23N5O3. The van der Waals surface area contributed by atoms with E-state index in [2.05, 4.69) is 16.4 Å². The van der Waals surface area contributed by atoms with Crippen LogP contribution in [0.1, 0.15) is 18.4 Å². The van der Waals surface area contributed by atoms with E-state index in [4.69, 9.17) is 20.2 Å². The first-order valence-electron chi connectivity index (χ1n) is 8.91. The average Bonchev–Trinajstić information content (AvgIpc) is 3.27. The molecule has 27 heavy (non-hydrogen) atoms. The highest BCUT2D eigenvalue weighted by molar-refractivity contribution is 6.17. The van der Waals surface area contributed by atoms with Crippen LogP contribution in [0.4, 0.5) is 10.6 Å². The molecule has 2 atom stereocenters. The van der Waals surface area contributed by atoms with E-state index in [0.29, 0.717) is 19.0 Å². The normalized spacial score (nSPS) is 25.0. The van der Waals surface area contributed by atoms with Crippen molar-refractivity contribution in [1.82, 2.24) is 9.55 Å². The Kier molecular flexibility index (Phi) is 4.45. The first-order valence-corrected chi connectivity index (χ1v) is 8.91. The molecule has 4 heterocycles. The predicted octanol–water partition coefficient (Wildman–Crippen LogP) is 1.99. The number of nitrogens with zero attached hydrogens (tertiary/aromatic N) is 3. The summed E-state index contributed by atoms with van der Waals surface area (Å²) in [7, 11) is 3.69. The van der Waals surface area contributed by atoms with Crippen LogP contribution in [0.15, 0.2) is 35.6 Å². The number of rotatable bonds is 4. The molecule has 1 fully saturated rings. The van der Waals surface area contributed by atoms with E-state index in [1.807, 2.05) is 30.0 Å². The van der Waals surface area contributed by atoms with Crippen molar-refractivity contribution in [3.8, 4) is 0 Å². The van der Waals surface area contributed by atoms with Gasteiger partial charge in [-0.1, -0.05) is 6.08 Å². The lowest BCUT2D eigenvalue weighted by Gasteiger charge is -2.33. The quantitative estimate of drug-likeness (QED) is 0.860. The van der Waals surface area contributed by atoms with Crippen LogP contribution < -0.4 is 11.1 Å². The number of hydrogen-bond donors (Lipinski definition) is 2. The van der Waals surface area contributed by atoms with Gasteiger partial charge in [0.25, 0.3) is 0 Å². The summed E-state index contributed by atoms with van der Waals surface area (Å²) in [5.41, 5.74) is 7.66. The summed E-state index contributed by atoms with van der Waals surface area (Å²) in [6.07, 6.45) is 9.57. The zero-order valence-corrected chi connectivity index (χ0v) is 15.4. The number of pyridine rings is 1. The molecule has 2 aromatic heterocycles. The molecule has 1 saturated heterocycles. The lowest BCUT2D eigenvalue weighted by Crippen LogP contribution is -2.44. The molecule has 142 valence electrons. The maximum Gasteiger partial charge on any atom is 0.317 e. The molecule has 2 aliphatic heterocycles. The first-order chi connectivity index (χ1) is 13.0. The highest BCUT2D eigenvalue weighted by Crippen LogP contribution is 2.33. The molecular weight excluding hydrogens is 346 g/mol. The fourth-order valence-electron chi connectivity index (χ4n) is 3.86. The fourth-order valence-corrected chi connectivity index (χ4v) is 3.86. The SMILES string of the molecule is CO[C@]1(C2CC=CC(c3cn(C)c4cnc(NC(N)=O)cc34)=N2)CCOC1. The van der Waals surface area contributed by atoms with Gasteiger partial charge >= 0.3 is 6.03 Å². The Morgan fingerprint density at radius 2 is 2.37 bits per heavy atom. The number of amides is 2. The monoisotopic (exact) mass is 369 g/mol. The lowest BCUT2D eigenvalue weighted by atomic mass is 9.88. The van der Waals surface area contributed by atoms with Crippen molar-refractivity contribution >= 4 is 28.5 Å². The van der Waals surface area contributed by atoms with Gasteiger partial charge < -0.3 is 19.8 Å². The van der Waals surface area contributed by atoms with Crippen LogP contribution in [0, 0.1) is 0 Å². The molecule has 2 aliphatic rings. The van der Waals surface area contributed by atoms with Gasteiger partial charge in [0, 0.05) is 44.3 Å². The Bertz CT molecular complexity index is 940. The van der Waals surface area contributed by atoms with Gasteiger partial charge in [0.1, 0.15) is 11.4 Å². The van der Waals surface area contributed by atoms with Gasteiger partial charge in [-0.25, -0.2) is 9.78 Å². The molecule has 0 aliphatic carbocycles. The standard InChI is InChI=1S/C19H23N5O3/c1-24-10-13(12-8-17(23-18(20)25)21-9-15(12)24)14-4-3-5-16(22-14)19(26-2)6-7-27-11-19/h3-4,8-10,16H,5-7,11H2,1-2H3,(H3,20,21,23,25)/t16?,19-/m1/s1. The van der Waals surface area contributed by atoms with Crippen LogP contribution in [-0.2, 0) is 16.5 Å². The second-order valence-electron chi connectivity index (χ2n) is 6.97. The topological polar surface area (TPSA) is 104 Å². The van der Waals surface area contributed by atoms with Gasteiger partial charge in [-0.05, 0) is 18.6 Å². The third-order valence-electron chi connectivity index (χ3n) is 5.36. The molecule has 0 aromatic carbocycles. The van der Waals surface area contributed by atoms with E-state index >= 15 is 0 Å². The van der Waals surface area contributed by atoms with Crippen LogP contribution in [0.5, 0.6) is 0 Å². The summed E-state index contributed by atoms with van der Waals surface area (Å²) in [5.74, 6) is 0.414. The number of nitrogens with one attached hydrogen (secondary N) is 1. The fraction of sp³-hybridized carbons (Fsp3) is 0.421. The van der Waals surface area contributed by atoms with Crippen molar-refractivity contribution in [2.75, 3.05) is 25.6 Å². The van der Waals surface area contributed by atoms with Crippen LogP contribution in [0.25, 0.3) is 10.9 Å². The number of aryl methyl sites for hydroxylation is 1.